The molecule has 2 N–H and O–H groups in total. The molecule has 1 aliphatic heterocycles. The van der Waals surface area contributed by atoms with Crippen LogP contribution in [0.1, 0.15) is 40.5 Å². The van der Waals surface area contributed by atoms with Crippen molar-refractivity contribution in [3.05, 3.63) is 46.9 Å². The molecule has 34 heavy (non-hydrogen) atoms. The van der Waals surface area contributed by atoms with Crippen molar-refractivity contribution in [2.75, 3.05) is 0 Å². The van der Waals surface area contributed by atoms with E-state index < -0.39 is 0 Å². The highest BCUT2D eigenvalue weighted by Crippen LogP contribution is 2.41. The number of rotatable bonds is 4. The molecule has 0 saturated carbocycles. The van der Waals surface area contributed by atoms with Gasteiger partial charge in [0.05, 0.1) is 5.56 Å². The van der Waals surface area contributed by atoms with Crippen LogP contribution in [0.4, 0.5) is 0 Å². The molecule has 5 rings (SSSR count). The molecule has 0 unspecified atom stereocenters. The summed E-state index contributed by atoms with van der Waals surface area (Å²) in [6.07, 6.45) is 3.64. The summed E-state index contributed by atoms with van der Waals surface area (Å²) in [7, 11) is 1.71. The maximum absolute atomic E-state index is 11.9. The molecule has 4 heterocycles. The fourth-order valence-corrected chi connectivity index (χ4v) is 6.85. The van der Waals surface area contributed by atoms with Crippen LogP contribution in [-0.4, -0.2) is 36.8 Å². The molecule has 178 valence electrons. The Morgan fingerprint density at radius 1 is 1.03 bits per heavy atom. The first-order chi connectivity index (χ1) is 16.0. The number of piperidine rings is 1. The molecule has 4 aromatic rings. The Morgan fingerprint density at radius 3 is 2.35 bits per heavy atom. The van der Waals surface area contributed by atoms with Crippen molar-refractivity contribution < 1.29 is 9.84 Å². The monoisotopic (exact) mass is 496 g/mol. The number of pyridine rings is 1. The van der Waals surface area contributed by atoms with Gasteiger partial charge in [0, 0.05) is 43.2 Å². The SMILES string of the molecule is Cn1ccc(-c2ccc(-c3nc4sc(OC5CC(C)(C)NC(C)(C)C5)nc4s3)c(O)c2)cc1=O. The average Bonchev–Trinajstić information content (AvgIpc) is 3.26. The van der Waals surface area contributed by atoms with Gasteiger partial charge in [-0.2, -0.15) is 4.98 Å². The van der Waals surface area contributed by atoms with E-state index in [1.165, 1.54) is 27.2 Å². The molecule has 9 heteroatoms. The van der Waals surface area contributed by atoms with Crippen molar-refractivity contribution in [2.45, 2.75) is 57.7 Å². The van der Waals surface area contributed by atoms with Gasteiger partial charge in [-0.3, -0.25) is 4.79 Å². The summed E-state index contributed by atoms with van der Waals surface area (Å²) in [5.74, 6) is 0.121. The number of aromatic nitrogens is 3. The minimum absolute atomic E-state index is 0.00282. The van der Waals surface area contributed by atoms with E-state index in [9.17, 15) is 9.90 Å². The summed E-state index contributed by atoms with van der Waals surface area (Å²) in [6, 6.07) is 8.81. The number of ether oxygens (including phenoxy) is 1. The predicted octanol–water partition coefficient (Wildman–Crippen LogP) is 5.18. The number of hydrogen-bond acceptors (Lipinski definition) is 8. The van der Waals surface area contributed by atoms with Crippen LogP contribution in [0, 0.1) is 0 Å². The minimum atomic E-state index is -0.0954. The second-order valence-electron chi connectivity index (χ2n) is 10.2. The molecule has 0 spiro atoms. The maximum atomic E-state index is 11.9. The zero-order chi connectivity index (χ0) is 24.3. The molecule has 1 aromatic carbocycles. The Bertz CT molecular complexity index is 1390. The first-order valence-corrected chi connectivity index (χ1v) is 12.9. The van der Waals surface area contributed by atoms with Gasteiger partial charge in [0.2, 0.25) is 0 Å². The lowest BCUT2D eigenvalue weighted by Gasteiger charge is -2.45. The molecule has 0 radical (unpaired) electrons. The number of nitrogens with zero attached hydrogens (tertiary/aromatic N) is 3. The molecule has 0 atom stereocenters. The van der Waals surface area contributed by atoms with E-state index in [0.29, 0.717) is 15.8 Å². The lowest BCUT2D eigenvalue weighted by molar-refractivity contribution is 0.0559. The second kappa shape index (κ2) is 8.18. The number of thiazole rings is 2. The molecule has 1 fully saturated rings. The van der Waals surface area contributed by atoms with E-state index in [1.54, 1.807) is 25.4 Å². The second-order valence-corrected chi connectivity index (χ2v) is 12.2. The number of phenols is 1. The number of hydrogen-bond donors (Lipinski definition) is 2. The summed E-state index contributed by atoms with van der Waals surface area (Å²) in [5.41, 5.74) is 2.09. The summed E-state index contributed by atoms with van der Waals surface area (Å²) in [5, 5.41) is 15.7. The fourth-order valence-electron chi connectivity index (χ4n) is 4.86. The molecular weight excluding hydrogens is 468 g/mol. The van der Waals surface area contributed by atoms with Crippen molar-refractivity contribution in [1.82, 2.24) is 19.9 Å². The highest BCUT2D eigenvalue weighted by atomic mass is 32.1. The largest absolute Gasteiger partial charge is 0.507 e. The molecule has 0 amide bonds. The van der Waals surface area contributed by atoms with Crippen molar-refractivity contribution >= 4 is 32.3 Å². The van der Waals surface area contributed by atoms with Gasteiger partial charge >= 0.3 is 0 Å². The van der Waals surface area contributed by atoms with Crippen LogP contribution in [0.15, 0.2) is 41.3 Å². The zero-order valence-electron chi connectivity index (χ0n) is 19.9. The molecule has 3 aromatic heterocycles. The summed E-state index contributed by atoms with van der Waals surface area (Å²) in [6.45, 7) is 8.81. The standard InChI is InChI=1S/C25H28N4O3S2/c1-24(2)12-16(13-25(3,4)28-24)32-23-27-22-21(34-23)26-20(33-22)17-7-6-14(10-18(17)30)15-8-9-29(5)19(31)11-15/h6-11,16,28,30H,12-13H2,1-5H3. The van der Waals surface area contributed by atoms with Gasteiger partial charge < -0.3 is 19.7 Å². The van der Waals surface area contributed by atoms with Crippen LogP contribution >= 0.6 is 22.7 Å². The van der Waals surface area contributed by atoms with Gasteiger partial charge in [0.1, 0.15) is 16.9 Å². The van der Waals surface area contributed by atoms with Gasteiger partial charge in [0.15, 0.2) is 9.66 Å². The van der Waals surface area contributed by atoms with Crippen LogP contribution in [0.3, 0.4) is 0 Å². The summed E-state index contributed by atoms with van der Waals surface area (Å²) < 4.78 is 7.79. The van der Waals surface area contributed by atoms with Crippen LogP contribution in [0.2, 0.25) is 0 Å². The number of aromatic hydroxyl groups is 1. The topological polar surface area (TPSA) is 89.3 Å². The Kier molecular flexibility index (Phi) is 5.54. The van der Waals surface area contributed by atoms with Gasteiger partial charge in [-0.1, -0.05) is 28.7 Å². The number of phenolic OH excluding ortho intramolecular Hbond substituents is 1. The Balaban J connectivity index is 1.37. The van der Waals surface area contributed by atoms with E-state index in [1.807, 2.05) is 18.2 Å². The van der Waals surface area contributed by atoms with Crippen molar-refractivity contribution in [3.63, 3.8) is 0 Å². The average molecular weight is 497 g/mol. The van der Waals surface area contributed by atoms with Gasteiger partial charge in [-0.05, 0) is 57.0 Å². The number of benzene rings is 1. The number of aryl methyl sites for hydroxylation is 1. The van der Waals surface area contributed by atoms with Crippen LogP contribution < -0.4 is 15.6 Å². The molecular formula is C25H28N4O3S2. The first-order valence-electron chi connectivity index (χ1n) is 11.2. The van der Waals surface area contributed by atoms with Crippen LogP contribution in [-0.2, 0) is 7.05 Å². The third-order valence-electron chi connectivity index (χ3n) is 6.04. The quantitative estimate of drug-likeness (QED) is 0.405. The third kappa shape index (κ3) is 4.60. The van der Waals surface area contributed by atoms with Gasteiger partial charge in [-0.15, -0.1) is 0 Å². The third-order valence-corrected chi connectivity index (χ3v) is 7.99. The molecule has 1 aliphatic rings. The van der Waals surface area contributed by atoms with Crippen LogP contribution in [0.5, 0.6) is 10.9 Å². The van der Waals surface area contributed by atoms with E-state index in [-0.39, 0.29) is 28.5 Å². The van der Waals surface area contributed by atoms with Crippen LogP contribution in [0.25, 0.3) is 31.4 Å². The Hall–Kier alpha value is -2.75. The zero-order valence-corrected chi connectivity index (χ0v) is 21.5. The normalized spacial score (nSPS) is 17.8. The number of fused-ring (bicyclic) bond motifs is 1. The lowest BCUT2D eigenvalue weighted by atomic mass is 9.81. The predicted molar refractivity (Wildman–Crippen MR) is 138 cm³/mol. The molecule has 0 bridgehead atoms. The van der Waals surface area contributed by atoms with E-state index in [4.69, 9.17) is 9.72 Å². The Morgan fingerprint density at radius 2 is 1.71 bits per heavy atom. The molecule has 0 aliphatic carbocycles. The van der Waals surface area contributed by atoms with Crippen molar-refractivity contribution in [2.24, 2.45) is 7.05 Å². The molecule has 1 saturated heterocycles. The highest BCUT2D eigenvalue weighted by molar-refractivity contribution is 7.28. The Labute approximate surface area is 206 Å². The van der Waals surface area contributed by atoms with E-state index in [0.717, 1.165) is 33.6 Å². The van der Waals surface area contributed by atoms with Gasteiger partial charge in [0.25, 0.3) is 10.8 Å². The van der Waals surface area contributed by atoms with E-state index in [2.05, 4.69) is 38.0 Å². The van der Waals surface area contributed by atoms with Crippen molar-refractivity contribution in [1.29, 1.82) is 0 Å². The lowest BCUT2D eigenvalue weighted by Crippen LogP contribution is -2.60. The smallest absolute Gasteiger partial charge is 0.276 e. The van der Waals surface area contributed by atoms with Crippen molar-refractivity contribution in [3.8, 4) is 32.6 Å². The fraction of sp³-hybridized carbons (Fsp3) is 0.400. The first kappa shape index (κ1) is 23.0. The van der Waals surface area contributed by atoms with Gasteiger partial charge in [-0.25, -0.2) is 4.98 Å². The van der Waals surface area contributed by atoms with E-state index >= 15 is 0 Å². The number of nitrogens with one attached hydrogen (secondary N) is 1. The molecule has 7 nitrogen and oxygen atoms in total. The maximum Gasteiger partial charge on any atom is 0.276 e. The summed E-state index contributed by atoms with van der Waals surface area (Å²) >= 11 is 2.88. The highest BCUT2D eigenvalue weighted by Gasteiger charge is 2.39. The summed E-state index contributed by atoms with van der Waals surface area (Å²) in [4.78, 5) is 22.9. The minimum Gasteiger partial charge on any atom is -0.507 e.